The van der Waals surface area contributed by atoms with Gasteiger partial charge in [-0.3, -0.25) is 4.79 Å². The number of nitrogens with one attached hydrogen (secondary N) is 1. The van der Waals surface area contributed by atoms with E-state index in [2.05, 4.69) is 16.2 Å². The Morgan fingerprint density at radius 2 is 2.04 bits per heavy atom. The molecular formula is C19H24N2O3S2. The second-order valence-corrected chi connectivity index (χ2v) is 9.47. The Labute approximate surface area is 159 Å². The van der Waals surface area contributed by atoms with E-state index in [4.69, 9.17) is 0 Å². The smallest absolute Gasteiger partial charge is 0.240 e. The predicted molar refractivity (Wildman–Crippen MR) is 104 cm³/mol. The number of nitrogens with zero attached hydrogens (tertiary/aromatic N) is 1. The maximum Gasteiger partial charge on any atom is 0.240 e. The molecule has 1 N–H and O–H groups in total. The lowest BCUT2D eigenvalue weighted by atomic mass is 10.0. The monoisotopic (exact) mass is 392 g/mol. The van der Waals surface area contributed by atoms with E-state index >= 15 is 0 Å². The molecule has 0 saturated heterocycles. The number of sulfonamides is 1. The molecule has 2 aromatic rings. The van der Waals surface area contributed by atoms with Gasteiger partial charge in [-0.2, -0.15) is 0 Å². The van der Waals surface area contributed by atoms with Gasteiger partial charge in [-0.15, -0.1) is 11.3 Å². The van der Waals surface area contributed by atoms with Gasteiger partial charge < -0.3 is 4.90 Å². The number of amides is 1. The average molecular weight is 393 g/mol. The summed E-state index contributed by atoms with van der Waals surface area (Å²) in [6, 6.07) is 7.17. The molecule has 0 unspecified atom stereocenters. The van der Waals surface area contributed by atoms with Crippen molar-refractivity contribution >= 4 is 27.3 Å². The Balaban J connectivity index is 1.59. The standard InChI is InChI=1S/C19H24N2O3S2/c1-13-4-5-16(12-14(13)2)26(23,24)20-9-6-19(22)21-10-7-18-17(15(21)3)8-11-25-18/h4-5,8,11-12,15,20H,6-7,9-10H2,1-3H3/t15-/m1/s1. The molecule has 5 nitrogen and oxygen atoms in total. The fourth-order valence-corrected chi connectivity index (χ4v) is 5.33. The van der Waals surface area contributed by atoms with Gasteiger partial charge in [-0.25, -0.2) is 13.1 Å². The number of carbonyl (C=O) groups is 1. The fourth-order valence-electron chi connectivity index (χ4n) is 3.25. The summed E-state index contributed by atoms with van der Waals surface area (Å²) in [4.78, 5) is 16.0. The van der Waals surface area contributed by atoms with Crippen molar-refractivity contribution in [1.29, 1.82) is 0 Å². The summed E-state index contributed by atoms with van der Waals surface area (Å²) in [7, 11) is -3.60. The highest BCUT2D eigenvalue weighted by atomic mass is 32.2. The molecule has 0 saturated carbocycles. The van der Waals surface area contributed by atoms with Crippen molar-refractivity contribution in [2.75, 3.05) is 13.1 Å². The predicted octanol–water partition coefficient (Wildman–Crippen LogP) is 3.18. The number of rotatable bonds is 5. The van der Waals surface area contributed by atoms with Gasteiger partial charge >= 0.3 is 0 Å². The SMILES string of the molecule is Cc1ccc(S(=O)(=O)NCCC(=O)N2CCc3sccc3[C@H]2C)cc1C. The lowest BCUT2D eigenvalue weighted by Gasteiger charge is -2.33. The third-order valence-electron chi connectivity index (χ3n) is 5.02. The van der Waals surface area contributed by atoms with Crippen LogP contribution in [0.3, 0.4) is 0 Å². The Hall–Kier alpha value is -1.70. The van der Waals surface area contributed by atoms with Crippen molar-refractivity contribution in [2.24, 2.45) is 0 Å². The summed E-state index contributed by atoms with van der Waals surface area (Å²) in [6.07, 6.45) is 1.03. The van der Waals surface area contributed by atoms with E-state index in [1.807, 2.05) is 25.7 Å². The molecule has 140 valence electrons. The van der Waals surface area contributed by atoms with E-state index in [9.17, 15) is 13.2 Å². The molecule has 2 heterocycles. The zero-order valence-corrected chi connectivity index (χ0v) is 16.9. The second-order valence-electron chi connectivity index (χ2n) is 6.71. The van der Waals surface area contributed by atoms with Crippen LogP contribution >= 0.6 is 11.3 Å². The first-order valence-electron chi connectivity index (χ1n) is 8.72. The first-order valence-corrected chi connectivity index (χ1v) is 11.1. The molecule has 0 aliphatic carbocycles. The number of aryl methyl sites for hydroxylation is 2. The van der Waals surface area contributed by atoms with Crippen LogP contribution < -0.4 is 4.72 Å². The lowest BCUT2D eigenvalue weighted by molar-refractivity contribution is -0.133. The van der Waals surface area contributed by atoms with E-state index < -0.39 is 10.0 Å². The summed E-state index contributed by atoms with van der Waals surface area (Å²) < 4.78 is 27.4. The number of hydrogen-bond acceptors (Lipinski definition) is 4. The average Bonchev–Trinajstić information content (AvgIpc) is 3.07. The van der Waals surface area contributed by atoms with Gasteiger partial charge in [0.15, 0.2) is 0 Å². The van der Waals surface area contributed by atoms with Crippen molar-refractivity contribution in [3.63, 3.8) is 0 Å². The van der Waals surface area contributed by atoms with Crippen LogP contribution in [0.4, 0.5) is 0 Å². The Morgan fingerprint density at radius 1 is 1.27 bits per heavy atom. The van der Waals surface area contributed by atoms with Crippen LogP contribution in [0.15, 0.2) is 34.5 Å². The summed E-state index contributed by atoms with van der Waals surface area (Å²) >= 11 is 1.73. The van der Waals surface area contributed by atoms with Gasteiger partial charge in [0, 0.05) is 24.4 Å². The van der Waals surface area contributed by atoms with Gasteiger partial charge in [0.2, 0.25) is 15.9 Å². The maximum atomic E-state index is 12.6. The van der Waals surface area contributed by atoms with Gasteiger partial charge in [-0.05, 0) is 67.5 Å². The molecule has 7 heteroatoms. The highest BCUT2D eigenvalue weighted by molar-refractivity contribution is 7.89. The van der Waals surface area contributed by atoms with E-state index in [0.717, 1.165) is 17.5 Å². The van der Waals surface area contributed by atoms with E-state index in [1.165, 1.54) is 10.4 Å². The summed E-state index contributed by atoms with van der Waals surface area (Å²) in [6.45, 7) is 6.65. The van der Waals surface area contributed by atoms with Crippen molar-refractivity contribution in [1.82, 2.24) is 9.62 Å². The van der Waals surface area contributed by atoms with Crippen LogP contribution in [-0.2, 0) is 21.2 Å². The van der Waals surface area contributed by atoms with Crippen LogP contribution in [0.2, 0.25) is 0 Å². The molecule has 1 amide bonds. The first-order chi connectivity index (χ1) is 12.3. The van der Waals surface area contributed by atoms with Crippen LogP contribution in [0, 0.1) is 13.8 Å². The third-order valence-corrected chi connectivity index (χ3v) is 7.47. The van der Waals surface area contributed by atoms with Crippen molar-refractivity contribution in [2.45, 2.75) is 44.6 Å². The molecular weight excluding hydrogens is 368 g/mol. The van der Waals surface area contributed by atoms with Crippen LogP contribution in [0.25, 0.3) is 0 Å². The van der Waals surface area contributed by atoms with Crippen LogP contribution in [0.1, 0.15) is 41.0 Å². The molecule has 1 aliphatic rings. The molecule has 0 spiro atoms. The quantitative estimate of drug-likeness (QED) is 0.850. The molecule has 0 radical (unpaired) electrons. The largest absolute Gasteiger partial charge is 0.335 e. The molecule has 1 atom stereocenters. The second kappa shape index (κ2) is 7.50. The molecule has 1 aromatic heterocycles. The van der Waals surface area contributed by atoms with Gasteiger partial charge in [0.25, 0.3) is 0 Å². The molecule has 1 aliphatic heterocycles. The minimum absolute atomic E-state index is 0.0165. The molecule has 0 bridgehead atoms. The normalized spacial score (nSPS) is 17.2. The third kappa shape index (κ3) is 3.84. The van der Waals surface area contributed by atoms with E-state index in [-0.39, 0.29) is 29.8 Å². The van der Waals surface area contributed by atoms with E-state index in [1.54, 1.807) is 29.5 Å². The number of carbonyl (C=O) groups excluding carboxylic acids is 1. The number of benzene rings is 1. The highest BCUT2D eigenvalue weighted by Crippen LogP contribution is 2.33. The van der Waals surface area contributed by atoms with E-state index in [0.29, 0.717) is 6.54 Å². The number of thiophene rings is 1. The van der Waals surface area contributed by atoms with Crippen molar-refractivity contribution in [3.8, 4) is 0 Å². The maximum absolute atomic E-state index is 12.6. The summed E-state index contributed by atoms with van der Waals surface area (Å²) in [5.41, 5.74) is 3.19. The summed E-state index contributed by atoms with van der Waals surface area (Å²) in [5.74, 6) is -0.0165. The molecule has 26 heavy (non-hydrogen) atoms. The summed E-state index contributed by atoms with van der Waals surface area (Å²) in [5, 5.41) is 2.06. The van der Waals surface area contributed by atoms with Crippen molar-refractivity contribution < 1.29 is 13.2 Å². The Morgan fingerprint density at radius 3 is 2.77 bits per heavy atom. The minimum Gasteiger partial charge on any atom is -0.335 e. The zero-order chi connectivity index (χ0) is 18.9. The highest BCUT2D eigenvalue weighted by Gasteiger charge is 2.28. The molecule has 1 aromatic carbocycles. The van der Waals surface area contributed by atoms with Crippen LogP contribution in [0.5, 0.6) is 0 Å². The lowest BCUT2D eigenvalue weighted by Crippen LogP contribution is -2.39. The first kappa shape index (κ1) is 19.1. The Bertz CT molecular complexity index is 919. The van der Waals surface area contributed by atoms with Crippen LogP contribution in [-0.4, -0.2) is 32.3 Å². The number of fused-ring (bicyclic) bond motifs is 1. The van der Waals surface area contributed by atoms with Crippen molar-refractivity contribution in [3.05, 3.63) is 51.2 Å². The number of hydrogen-bond donors (Lipinski definition) is 1. The van der Waals surface area contributed by atoms with Gasteiger partial charge in [-0.1, -0.05) is 6.07 Å². The fraction of sp³-hybridized carbons (Fsp3) is 0.421. The van der Waals surface area contributed by atoms with Gasteiger partial charge in [0.05, 0.1) is 10.9 Å². The zero-order valence-electron chi connectivity index (χ0n) is 15.3. The molecule has 3 rings (SSSR count). The topological polar surface area (TPSA) is 66.5 Å². The Kier molecular flexibility index (Phi) is 5.50. The minimum atomic E-state index is -3.60. The molecule has 0 fully saturated rings. The van der Waals surface area contributed by atoms with Gasteiger partial charge in [0.1, 0.15) is 0 Å².